The highest BCUT2D eigenvalue weighted by atomic mass is 16.2. The van der Waals surface area contributed by atoms with Crippen molar-refractivity contribution in [2.24, 2.45) is 5.73 Å². The summed E-state index contributed by atoms with van der Waals surface area (Å²) in [4.78, 5) is 23.9. The van der Waals surface area contributed by atoms with Crippen molar-refractivity contribution in [1.29, 1.82) is 0 Å². The van der Waals surface area contributed by atoms with E-state index in [1.165, 1.54) is 0 Å². The van der Waals surface area contributed by atoms with E-state index in [-0.39, 0.29) is 18.4 Å². The Bertz CT molecular complexity index is 206. The Kier molecular flexibility index (Phi) is 3.70. The zero-order valence-electron chi connectivity index (χ0n) is 7.58. The molecule has 74 valence electrons. The highest BCUT2D eigenvalue weighted by Gasteiger charge is 2.19. The lowest BCUT2D eigenvalue weighted by Crippen LogP contribution is -2.49. The molecule has 0 saturated carbocycles. The van der Waals surface area contributed by atoms with E-state index in [1.54, 1.807) is 4.90 Å². The van der Waals surface area contributed by atoms with E-state index in [2.05, 4.69) is 5.32 Å². The average Bonchev–Trinajstić information content (AvgIpc) is 2.14. The van der Waals surface area contributed by atoms with Crippen LogP contribution < -0.4 is 11.1 Å². The van der Waals surface area contributed by atoms with Gasteiger partial charge in [0.2, 0.25) is 11.8 Å². The topological polar surface area (TPSA) is 75.4 Å². The van der Waals surface area contributed by atoms with Crippen molar-refractivity contribution < 1.29 is 9.59 Å². The molecule has 1 aliphatic heterocycles. The molecule has 0 aromatic rings. The van der Waals surface area contributed by atoms with Gasteiger partial charge in [-0.1, -0.05) is 0 Å². The summed E-state index contributed by atoms with van der Waals surface area (Å²) in [6, 6.07) is 0. The number of nitrogens with two attached hydrogens (primary N) is 1. The van der Waals surface area contributed by atoms with Crippen LogP contribution in [-0.2, 0) is 9.59 Å². The van der Waals surface area contributed by atoms with Gasteiger partial charge >= 0.3 is 0 Å². The molecule has 0 atom stereocenters. The maximum Gasteiger partial charge on any atom is 0.239 e. The van der Waals surface area contributed by atoms with Crippen molar-refractivity contribution >= 4 is 11.8 Å². The standard InChI is InChI=1S/C8H15N3O2/c9-3-1-2-8(13)11-5-4-10-7(12)6-11/h1-6,9H2,(H,10,12). The molecule has 13 heavy (non-hydrogen) atoms. The van der Waals surface area contributed by atoms with Gasteiger partial charge in [0, 0.05) is 19.5 Å². The molecule has 3 N–H and O–H groups in total. The monoisotopic (exact) mass is 185 g/mol. The van der Waals surface area contributed by atoms with Gasteiger partial charge < -0.3 is 16.0 Å². The largest absolute Gasteiger partial charge is 0.353 e. The smallest absolute Gasteiger partial charge is 0.239 e. The molecular weight excluding hydrogens is 170 g/mol. The number of piperazine rings is 1. The van der Waals surface area contributed by atoms with Crippen molar-refractivity contribution in [3.63, 3.8) is 0 Å². The first kappa shape index (κ1) is 9.98. The molecule has 2 amide bonds. The molecule has 1 fully saturated rings. The molecule has 0 bridgehead atoms. The molecule has 1 saturated heterocycles. The molecule has 0 spiro atoms. The third kappa shape index (κ3) is 3.02. The van der Waals surface area contributed by atoms with E-state index in [0.717, 1.165) is 0 Å². The van der Waals surface area contributed by atoms with Gasteiger partial charge in [0.1, 0.15) is 0 Å². The first-order valence-corrected chi connectivity index (χ1v) is 4.48. The number of rotatable bonds is 3. The molecule has 0 unspecified atom stereocenters. The first-order valence-electron chi connectivity index (χ1n) is 4.48. The Morgan fingerprint density at radius 2 is 2.38 bits per heavy atom. The Morgan fingerprint density at radius 1 is 1.62 bits per heavy atom. The summed E-state index contributed by atoms with van der Waals surface area (Å²) in [6.45, 7) is 1.90. The second-order valence-corrected chi connectivity index (χ2v) is 3.06. The lowest BCUT2D eigenvalue weighted by Gasteiger charge is -2.26. The normalized spacial score (nSPS) is 17.0. The summed E-state index contributed by atoms with van der Waals surface area (Å²) in [5, 5.41) is 2.67. The minimum atomic E-state index is -0.0765. The van der Waals surface area contributed by atoms with Crippen molar-refractivity contribution in [2.75, 3.05) is 26.2 Å². The number of carbonyl (C=O) groups excluding carboxylic acids is 2. The van der Waals surface area contributed by atoms with Crippen LogP contribution in [0.5, 0.6) is 0 Å². The SMILES string of the molecule is NCCCC(=O)N1CCNC(=O)C1. The van der Waals surface area contributed by atoms with Crippen LogP contribution >= 0.6 is 0 Å². The van der Waals surface area contributed by atoms with Gasteiger partial charge in [-0.25, -0.2) is 0 Å². The van der Waals surface area contributed by atoms with E-state index >= 15 is 0 Å². The van der Waals surface area contributed by atoms with Gasteiger partial charge in [0.05, 0.1) is 6.54 Å². The van der Waals surface area contributed by atoms with E-state index in [0.29, 0.717) is 32.5 Å². The fourth-order valence-electron chi connectivity index (χ4n) is 1.26. The zero-order valence-corrected chi connectivity index (χ0v) is 7.58. The minimum Gasteiger partial charge on any atom is -0.353 e. The molecule has 0 aliphatic carbocycles. The summed E-state index contributed by atoms with van der Waals surface area (Å²) in [5.41, 5.74) is 5.28. The van der Waals surface area contributed by atoms with Gasteiger partial charge in [-0.05, 0) is 13.0 Å². The van der Waals surface area contributed by atoms with E-state index in [9.17, 15) is 9.59 Å². The third-order valence-electron chi connectivity index (χ3n) is 1.99. The summed E-state index contributed by atoms with van der Waals surface area (Å²) in [5.74, 6) is -0.0485. The molecule has 5 heteroatoms. The number of hydrogen-bond donors (Lipinski definition) is 2. The molecule has 0 radical (unpaired) electrons. The number of nitrogens with zero attached hydrogens (tertiary/aromatic N) is 1. The molecule has 1 heterocycles. The van der Waals surface area contributed by atoms with Crippen LogP contribution in [0, 0.1) is 0 Å². The number of carbonyl (C=O) groups is 2. The quantitative estimate of drug-likeness (QED) is 0.573. The van der Waals surface area contributed by atoms with Crippen LogP contribution in [-0.4, -0.2) is 42.9 Å². The third-order valence-corrected chi connectivity index (χ3v) is 1.99. The van der Waals surface area contributed by atoms with E-state index in [1.807, 2.05) is 0 Å². The van der Waals surface area contributed by atoms with Gasteiger partial charge in [-0.15, -0.1) is 0 Å². The number of hydrogen-bond acceptors (Lipinski definition) is 3. The maximum atomic E-state index is 11.4. The lowest BCUT2D eigenvalue weighted by atomic mass is 10.2. The molecular formula is C8H15N3O2. The Balaban J connectivity index is 2.32. The van der Waals surface area contributed by atoms with Gasteiger partial charge in [0.25, 0.3) is 0 Å². The Labute approximate surface area is 77.3 Å². The zero-order chi connectivity index (χ0) is 9.68. The van der Waals surface area contributed by atoms with Crippen LogP contribution in [0.15, 0.2) is 0 Å². The van der Waals surface area contributed by atoms with Crippen LogP contribution in [0.4, 0.5) is 0 Å². The lowest BCUT2D eigenvalue weighted by molar-refractivity contribution is -0.138. The molecule has 1 rings (SSSR count). The second kappa shape index (κ2) is 4.81. The molecule has 0 aromatic carbocycles. The van der Waals surface area contributed by atoms with Gasteiger partial charge in [-0.3, -0.25) is 9.59 Å². The summed E-state index contributed by atoms with van der Waals surface area (Å²) < 4.78 is 0. The van der Waals surface area contributed by atoms with Crippen LogP contribution in [0.2, 0.25) is 0 Å². The van der Waals surface area contributed by atoms with Crippen molar-refractivity contribution in [2.45, 2.75) is 12.8 Å². The second-order valence-electron chi connectivity index (χ2n) is 3.06. The van der Waals surface area contributed by atoms with Gasteiger partial charge in [-0.2, -0.15) is 0 Å². The minimum absolute atomic E-state index is 0.0281. The highest BCUT2D eigenvalue weighted by molar-refractivity contribution is 5.85. The highest BCUT2D eigenvalue weighted by Crippen LogP contribution is 1.99. The average molecular weight is 185 g/mol. The molecule has 1 aliphatic rings. The van der Waals surface area contributed by atoms with Gasteiger partial charge in [0.15, 0.2) is 0 Å². The van der Waals surface area contributed by atoms with Crippen molar-refractivity contribution in [3.8, 4) is 0 Å². The fourth-order valence-corrected chi connectivity index (χ4v) is 1.26. The molecule has 0 aromatic heterocycles. The van der Waals surface area contributed by atoms with E-state index in [4.69, 9.17) is 5.73 Å². The number of amides is 2. The number of nitrogens with one attached hydrogen (secondary N) is 1. The van der Waals surface area contributed by atoms with Crippen molar-refractivity contribution in [1.82, 2.24) is 10.2 Å². The predicted octanol–water partition coefficient (Wildman–Crippen LogP) is -1.32. The van der Waals surface area contributed by atoms with Crippen LogP contribution in [0.3, 0.4) is 0 Å². The first-order chi connectivity index (χ1) is 6.24. The molecule has 5 nitrogen and oxygen atoms in total. The van der Waals surface area contributed by atoms with E-state index < -0.39 is 0 Å². The van der Waals surface area contributed by atoms with Crippen LogP contribution in [0.1, 0.15) is 12.8 Å². The van der Waals surface area contributed by atoms with Crippen molar-refractivity contribution in [3.05, 3.63) is 0 Å². The Hall–Kier alpha value is -1.10. The summed E-state index contributed by atoms with van der Waals surface area (Å²) in [6.07, 6.45) is 1.14. The maximum absolute atomic E-state index is 11.4. The summed E-state index contributed by atoms with van der Waals surface area (Å²) >= 11 is 0. The summed E-state index contributed by atoms with van der Waals surface area (Å²) in [7, 11) is 0. The predicted molar refractivity (Wildman–Crippen MR) is 47.9 cm³/mol. The Morgan fingerprint density at radius 3 is 3.00 bits per heavy atom. The van der Waals surface area contributed by atoms with Crippen LogP contribution in [0.25, 0.3) is 0 Å². The fraction of sp³-hybridized carbons (Fsp3) is 0.750.